The van der Waals surface area contributed by atoms with Crippen molar-refractivity contribution in [2.45, 2.75) is 26.4 Å². The van der Waals surface area contributed by atoms with Gasteiger partial charge in [-0.05, 0) is 32.9 Å². The van der Waals surface area contributed by atoms with Crippen molar-refractivity contribution >= 4 is 12.0 Å². The summed E-state index contributed by atoms with van der Waals surface area (Å²) >= 11 is 0. The Kier molecular flexibility index (Phi) is 3.80. The number of hydrazine groups is 1. The van der Waals surface area contributed by atoms with Gasteiger partial charge in [0.2, 0.25) is 0 Å². The Hall–Kier alpha value is -1.95. The van der Waals surface area contributed by atoms with E-state index in [1.165, 1.54) is 18.5 Å². The molecular weight excluding hydrogens is 222 g/mol. The number of nitrogens with two attached hydrogens (primary N) is 1. The zero-order valence-corrected chi connectivity index (χ0v) is 10.0. The van der Waals surface area contributed by atoms with Crippen LogP contribution in [0.4, 0.5) is 4.79 Å². The number of pyridine rings is 1. The van der Waals surface area contributed by atoms with Gasteiger partial charge >= 0.3 is 6.09 Å². The molecule has 0 aliphatic carbocycles. The fourth-order valence-corrected chi connectivity index (χ4v) is 1.02. The monoisotopic (exact) mass is 237 g/mol. The van der Waals surface area contributed by atoms with Crippen molar-refractivity contribution in [2.75, 3.05) is 0 Å². The van der Waals surface area contributed by atoms with Crippen LogP contribution in [-0.4, -0.2) is 27.6 Å². The van der Waals surface area contributed by atoms with Gasteiger partial charge in [0.05, 0.1) is 5.56 Å². The van der Waals surface area contributed by atoms with Crippen molar-refractivity contribution in [1.82, 2.24) is 9.99 Å². The molecule has 1 heterocycles. The molecule has 2 N–H and O–H groups in total. The molecule has 0 radical (unpaired) electrons. The Morgan fingerprint density at radius 3 is 2.53 bits per heavy atom. The zero-order chi connectivity index (χ0) is 13.1. The normalized spacial score (nSPS) is 10.8. The van der Waals surface area contributed by atoms with E-state index in [9.17, 15) is 9.59 Å². The van der Waals surface area contributed by atoms with E-state index in [0.717, 1.165) is 0 Å². The van der Waals surface area contributed by atoms with E-state index in [0.29, 0.717) is 5.01 Å². The van der Waals surface area contributed by atoms with Crippen LogP contribution in [0.3, 0.4) is 0 Å². The molecule has 92 valence electrons. The SMILES string of the molecule is CC(C)(C)OC(=O)N(N)C(=O)c1cccnc1. The van der Waals surface area contributed by atoms with Gasteiger partial charge in [0.15, 0.2) is 0 Å². The number of nitrogens with zero attached hydrogens (tertiary/aromatic N) is 2. The molecule has 0 atom stereocenters. The van der Waals surface area contributed by atoms with Gasteiger partial charge in [-0.1, -0.05) is 0 Å². The van der Waals surface area contributed by atoms with Crippen LogP contribution in [0.1, 0.15) is 31.1 Å². The van der Waals surface area contributed by atoms with Crippen LogP contribution in [0, 0.1) is 0 Å². The van der Waals surface area contributed by atoms with Crippen molar-refractivity contribution in [1.29, 1.82) is 0 Å². The largest absolute Gasteiger partial charge is 0.442 e. The smallest absolute Gasteiger partial charge is 0.432 e. The highest BCUT2D eigenvalue weighted by molar-refractivity contribution is 6.02. The molecular formula is C11H15N3O3. The minimum atomic E-state index is -0.897. The maximum absolute atomic E-state index is 11.7. The first-order valence-electron chi connectivity index (χ1n) is 5.03. The van der Waals surface area contributed by atoms with Gasteiger partial charge in [-0.3, -0.25) is 9.78 Å². The fraction of sp³-hybridized carbons (Fsp3) is 0.364. The van der Waals surface area contributed by atoms with E-state index in [4.69, 9.17) is 10.6 Å². The van der Waals surface area contributed by atoms with Crippen LogP contribution in [0.5, 0.6) is 0 Å². The second-order valence-electron chi connectivity index (χ2n) is 4.40. The first-order valence-corrected chi connectivity index (χ1v) is 5.03. The molecule has 0 aromatic carbocycles. The molecule has 1 aromatic rings. The van der Waals surface area contributed by atoms with Crippen molar-refractivity contribution in [3.05, 3.63) is 30.1 Å². The lowest BCUT2D eigenvalue weighted by Crippen LogP contribution is -2.45. The number of carbonyl (C=O) groups excluding carboxylic acids is 2. The third kappa shape index (κ3) is 3.84. The second kappa shape index (κ2) is 4.92. The first kappa shape index (κ1) is 13.1. The summed E-state index contributed by atoms with van der Waals surface area (Å²) < 4.78 is 4.96. The lowest BCUT2D eigenvalue weighted by Gasteiger charge is -2.23. The summed E-state index contributed by atoms with van der Waals surface area (Å²) in [6.45, 7) is 5.06. The molecule has 0 spiro atoms. The maximum atomic E-state index is 11.7. The molecule has 1 aromatic heterocycles. The van der Waals surface area contributed by atoms with Gasteiger partial charge in [-0.25, -0.2) is 10.6 Å². The minimum absolute atomic E-state index is 0.223. The number of hydrogen-bond acceptors (Lipinski definition) is 5. The summed E-state index contributed by atoms with van der Waals surface area (Å²) in [5.74, 6) is 4.72. The van der Waals surface area contributed by atoms with E-state index in [1.54, 1.807) is 26.8 Å². The van der Waals surface area contributed by atoms with Gasteiger partial charge in [0, 0.05) is 12.4 Å². The van der Waals surface area contributed by atoms with Crippen LogP contribution < -0.4 is 5.84 Å². The molecule has 0 fully saturated rings. The summed E-state index contributed by atoms with van der Waals surface area (Å²) in [6.07, 6.45) is 1.95. The van der Waals surface area contributed by atoms with Crippen molar-refractivity contribution in [2.24, 2.45) is 5.84 Å². The van der Waals surface area contributed by atoms with E-state index in [1.807, 2.05) is 0 Å². The summed E-state index contributed by atoms with van der Waals surface area (Å²) in [5.41, 5.74) is -0.481. The Labute approximate surface area is 99.3 Å². The average molecular weight is 237 g/mol. The summed E-state index contributed by atoms with van der Waals surface area (Å²) in [6, 6.07) is 3.09. The van der Waals surface area contributed by atoms with Gasteiger partial charge in [0.25, 0.3) is 5.91 Å². The number of rotatable bonds is 1. The second-order valence-corrected chi connectivity index (χ2v) is 4.40. The lowest BCUT2D eigenvalue weighted by atomic mass is 10.2. The Morgan fingerprint density at radius 2 is 2.06 bits per heavy atom. The van der Waals surface area contributed by atoms with Gasteiger partial charge < -0.3 is 4.74 Å². The molecule has 6 heteroatoms. The van der Waals surface area contributed by atoms with Crippen LogP contribution in [0.25, 0.3) is 0 Å². The molecule has 0 aliphatic rings. The third-order valence-corrected chi connectivity index (χ3v) is 1.72. The van der Waals surface area contributed by atoms with Crippen molar-refractivity contribution < 1.29 is 14.3 Å². The quantitative estimate of drug-likeness (QED) is 0.452. The van der Waals surface area contributed by atoms with E-state index in [-0.39, 0.29) is 5.56 Å². The molecule has 0 bridgehead atoms. The van der Waals surface area contributed by atoms with Crippen LogP contribution in [-0.2, 0) is 4.74 Å². The van der Waals surface area contributed by atoms with Gasteiger partial charge in [0.1, 0.15) is 5.60 Å². The number of amides is 2. The number of carbonyl (C=O) groups is 2. The molecule has 0 saturated carbocycles. The number of ether oxygens (including phenoxy) is 1. The predicted molar refractivity (Wildman–Crippen MR) is 60.8 cm³/mol. The molecule has 0 saturated heterocycles. The Balaban J connectivity index is 2.74. The highest BCUT2D eigenvalue weighted by atomic mass is 16.6. The zero-order valence-electron chi connectivity index (χ0n) is 10.0. The molecule has 2 amide bonds. The summed E-state index contributed by atoms with van der Waals surface area (Å²) in [7, 11) is 0. The van der Waals surface area contributed by atoms with Crippen molar-refractivity contribution in [3.8, 4) is 0 Å². The van der Waals surface area contributed by atoms with E-state index < -0.39 is 17.6 Å². The Morgan fingerprint density at radius 1 is 1.41 bits per heavy atom. The van der Waals surface area contributed by atoms with E-state index in [2.05, 4.69) is 4.98 Å². The first-order chi connectivity index (χ1) is 7.81. The topological polar surface area (TPSA) is 85.5 Å². The minimum Gasteiger partial charge on any atom is -0.442 e. The molecule has 0 unspecified atom stereocenters. The Bertz CT molecular complexity index is 412. The average Bonchev–Trinajstić information content (AvgIpc) is 2.26. The molecule has 17 heavy (non-hydrogen) atoms. The maximum Gasteiger partial charge on any atom is 0.432 e. The molecule has 6 nitrogen and oxygen atoms in total. The van der Waals surface area contributed by atoms with Gasteiger partial charge in [-0.2, -0.15) is 5.01 Å². The van der Waals surface area contributed by atoms with E-state index >= 15 is 0 Å². The lowest BCUT2D eigenvalue weighted by molar-refractivity contribution is 0.0239. The summed E-state index contributed by atoms with van der Waals surface area (Å²) in [5, 5.41) is 0.433. The summed E-state index contributed by atoms with van der Waals surface area (Å²) in [4.78, 5) is 27.0. The fourth-order valence-electron chi connectivity index (χ4n) is 1.02. The highest BCUT2D eigenvalue weighted by Crippen LogP contribution is 2.10. The molecule has 0 aliphatic heterocycles. The predicted octanol–water partition coefficient (Wildman–Crippen LogP) is 1.33. The highest BCUT2D eigenvalue weighted by Gasteiger charge is 2.25. The van der Waals surface area contributed by atoms with Crippen LogP contribution in [0.15, 0.2) is 24.5 Å². The number of hydrogen-bond donors (Lipinski definition) is 1. The van der Waals surface area contributed by atoms with Crippen LogP contribution >= 0.6 is 0 Å². The number of aromatic nitrogens is 1. The third-order valence-electron chi connectivity index (χ3n) is 1.72. The van der Waals surface area contributed by atoms with Crippen molar-refractivity contribution in [3.63, 3.8) is 0 Å². The molecule has 1 rings (SSSR count). The van der Waals surface area contributed by atoms with Gasteiger partial charge in [-0.15, -0.1) is 0 Å². The standard InChI is InChI=1S/C11H15N3O3/c1-11(2,3)17-10(16)14(12)9(15)8-5-4-6-13-7-8/h4-7H,12H2,1-3H3. The van der Waals surface area contributed by atoms with Crippen LogP contribution in [0.2, 0.25) is 0 Å². The number of imide groups is 1.